The van der Waals surface area contributed by atoms with Crippen LogP contribution in [0.3, 0.4) is 0 Å². The van der Waals surface area contributed by atoms with E-state index >= 15 is 0 Å². The molecule has 0 aliphatic rings. The normalized spacial score (nSPS) is 12.7. The lowest BCUT2D eigenvalue weighted by Crippen LogP contribution is -2.53. The van der Waals surface area contributed by atoms with Crippen molar-refractivity contribution in [3.63, 3.8) is 0 Å². The number of methoxy groups -OCH3 is 1. The molecule has 2 amide bonds. The van der Waals surface area contributed by atoms with Crippen molar-refractivity contribution in [3.8, 4) is 5.75 Å². The molecule has 0 unspecified atom stereocenters. The van der Waals surface area contributed by atoms with E-state index in [9.17, 15) is 18.0 Å². The lowest BCUT2D eigenvalue weighted by Gasteiger charge is -2.34. The van der Waals surface area contributed by atoms with Crippen LogP contribution in [0.25, 0.3) is 0 Å². The molecule has 0 spiro atoms. The van der Waals surface area contributed by atoms with Gasteiger partial charge in [0.1, 0.15) is 18.3 Å². The zero-order valence-electron chi connectivity index (χ0n) is 23.8. The van der Waals surface area contributed by atoms with Gasteiger partial charge in [0.05, 0.1) is 17.7 Å². The Kier molecular flexibility index (Phi) is 11.9. The fraction of sp³-hybridized carbons (Fsp3) is 0.333. The van der Waals surface area contributed by atoms with Gasteiger partial charge in [-0.25, -0.2) is 8.42 Å². The van der Waals surface area contributed by atoms with Gasteiger partial charge in [0.2, 0.25) is 11.8 Å². The van der Waals surface area contributed by atoms with E-state index < -0.39 is 28.5 Å². The van der Waals surface area contributed by atoms with Crippen molar-refractivity contribution < 1.29 is 22.7 Å². The minimum Gasteiger partial charge on any atom is -0.497 e. The Hall–Kier alpha value is -2.98. The van der Waals surface area contributed by atoms with E-state index in [0.29, 0.717) is 27.8 Å². The highest BCUT2D eigenvalue weighted by atomic mass is 35.5. The summed E-state index contributed by atoms with van der Waals surface area (Å²) in [6, 6.07) is 15.9. The van der Waals surface area contributed by atoms with Crippen LogP contribution in [0.5, 0.6) is 5.75 Å². The summed E-state index contributed by atoms with van der Waals surface area (Å²) in [4.78, 5) is 28.8. The number of carbonyl (C=O) groups excluding carboxylic acids is 2. The Labute approximate surface area is 262 Å². The molecular weight excluding hydrogens is 621 g/mol. The molecule has 8 nitrogen and oxygen atoms in total. The van der Waals surface area contributed by atoms with Crippen LogP contribution in [0, 0.1) is 0 Å². The Morgan fingerprint density at radius 2 is 1.55 bits per heavy atom. The van der Waals surface area contributed by atoms with Crippen LogP contribution >= 0.6 is 34.8 Å². The molecule has 0 bridgehead atoms. The van der Waals surface area contributed by atoms with Gasteiger partial charge in [-0.3, -0.25) is 13.9 Å². The third kappa shape index (κ3) is 8.10. The molecule has 0 aliphatic carbocycles. The molecule has 3 aromatic rings. The third-order valence-electron chi connectivity index (χ3n) is 6.80. The topological polar surface area (TPSA) is 96.0 Å². The van der Waals surface area contributed by atoms with Crippen LogP contribution in [-0.2, 0) is 26.2 Å². The zero-order chi connectivity index (χ0) is 31.0. The smallest absolute Gasteiger partial charge is 0.264 e. The molecule has 12 heteroatoms. The van der Waals surface area contributed by atoms with Gasteiger partial charge in [-0.15, -0.1) is 0 Å². The number of halogens is 3. The predicted molar refractivity (Wildman–Crippen MR) is 168 cm³/mol. The van der Waals surface area contributed by atoms with E-state index in [1.54, 1.807) is 43.3 Å². The number of ether oxygens (including phenoxy) is 1. The number of hydrogen-bond acceptors (Lipinski definition) is 5. The van der Waals surface area contributed by atoms with Crippen LogP contribution in [-0.4, -0.2) is 50.9 Å². The van der Waals surface area contributed by atoms with Crippen molar-refractivity contribution in [1.29, 1.82) is 0 Å². The Bertz CT molecular complexity index is 1480. The van der Waals surface area contributed by atoms with E-state index in [1.165, 1.54) is 42.3 Å². The first-order valence-electron chi connectivity index (χ1n) is 13.4. The molecule has 2 atom stereocenters. The van der Waals surface area contributed by atoms with E-state index in [-0.39, 0.29) is 40.5 Å². The Morgan fingerprint density at radius 3 is 2.10 bits per heavy atom. The van der Waals surface area contributed by atoms with Crippen molar-refractivity contribution >= 4 is 62.3 Å². The zero-order valence-corrected chi connectivity index (χ0v) is 26.9. The summed E-state index contributed by atoms with van der Waals surface area (Å²) in [5.74, 6) is -0.523. The number of nitrogens with one attached hydrogen (secondary N) is 1. The second-order valence-electron chi connectivity index (χ2n) is 9.63. The van der Waals surface area contributed by atoms with Gasteiger partial charge in [-0.2, -0.15) is 0 Å². The van der Waals surface area contributed by atoms with E-state index in [1.807, 2.05) is 13.8 Å². The first kappa shape index (κ1) is 33.5. The van der Waals surface area contributed by atoms with Crippen molar-refractivity contribution in [1.82, 2.24) is 10.2 Å². The quantitative estimate of drug-likeness (QED) is 0.225. The summed E-state index contributed by atoms with van der Waals surface area (Å²) < 4.78 is 34.1. The lowest BCUT2D eigenvalue weighted by molar-refractivity contribution is -0.140. The molecule has 0 aliphatic heterocycles. The average molecular weight is 655 g/mol. The highest BCUT2D eigenvalue weighted by molar-refractivity contribution is 7.92. The summed E-state index contributed by atoms with van der Waals surface area (Å²) in [5.41, 5.74) is 0.621. The largest absolute Gasteiger partial charge is 0.497 e. The molecule has 0 aromatic heterocycles. The monoisotopic (exact) mass is 653 g/mol. The molecule has 0 saturated carbocycles. The number of amides is 2. The van der Waals surface area contributed by atoms with Crippen LogP contribution < -0.4 is 14.4 Å². The molecule has 0 heterocycles. The molecule has 226 valence electrons. The second kappa shape index (κ2) is 15.0. The highest BCUT2D eigenvalue weighted by Gasteiger charge is 2.34. The fourth-order valence-electron chi connectivity index (χ4n) is 4.25. The Morgan fingerprint density at radius 1 is 0.929 bits per heavy atom. The number of benzene rings is 3. The van der Waals surface area contributed by atoms with Gasteiger partial charge >= 0.3 is 0 Å². The Balaban J connectivity index is 2.10. The molecule has 3 rings (SSSR count). The van der Waals surface area contributed by atoms with Gasteiger partial charge in [-0.1, -0.05) is 60.8 Å². The number of nitrogens with zero attached hydrogens (tertiary/aromatic N) is 2. The van der Waals surface area contributed by atoms with Crippen LogP contribution in [0.4, 0.5) is 5.69 Å². The van der Waals surface area contributed by atoms with Crippen molar-refractivity contribution in [2.75, 3.05) is 18.0 Å². The summed E-state index contributed by atoms with van der Waals surface area (Å²) in [5, 5.41) is 3.85. The summed E-state index contributed by atoms with van der Waals surface area (Å²) in [6.07, 6.45) is 0.952. The van der Waals surface area contributed by atoms with Gasteiger partial charge in [0, 0.05) is 33.2 Å². The maximum atomic E-state index is 14.2. The molecule has 0 fully saturated rings. The number of rotatable bonds is 13. The van der Waals surface area contributed by atoms with Gasteiger partial charge in [0.25, 0.3) is 10.0 Å². The average Bonchev–Trinajstić information content (AvgIpc) is 2.96. The van der Waals surface area contributed by atoms with Crippen LogP contribution in [0.15, 0.2) is 71.6 Å². The fourth-order valence-corrected chi connectivity index (χ4v) is 6.36. The second-order valence-corrected chi connectivity index (χ2v) is 12.7. The minimum absolute atomic E-state index is 0.0571. The predicted octanol–water partition coefficient (Wildman–Crippen LogP) is 6.57. The molecule has 0 saturated heterocycles. The molecule has 0 radical (unpaired) electrons. The summed E-state index contributed by atoms with van der Waals surface area (Å²) >= 11 is 19.1. The molecule has 1 N–H and O–H groups in total. The first-order chi connectivity index (χ1) is 19.9. The van der Waals surface area contributed by atoms with Crippen LogP contribution in [0.1, 0.15) is 39.2 Å². The lowest BCUT2D eigenvalue weighted by atomic mass is 10.1. The van der Waals surface area contributed by atoms with Crippen molar-refractivity contribution in [3.05, 3.63) is 87.4 Å². The number of sulfonamides is 1. The number of carbonyl (C=O) groups is 2. The number of anilines is 1. The standard InChI is InChI=1S/C30H34Cl3N3O5S/c1-5-20(3)34-30(38)28(6-2)35(18-25-26(32)11-8-12-27(25)33)29(37)19-36(22-10-7-9-21(31)17-22)42(39,40)24-15-13-23(41-4)14-16-24/h7-17,20,28H,5-6,18-19H2,1-4H3,(H,34,38)/t20-,28+/m0/s1. The molecule has 3 aromatic carbocycles. The van der Waals surface area contributed by atoms with Crippen LogP contribution in [0.2, 0.25) is 15.1 Å². The highest BCUT2D eigenvalue weighted by Crippen LogP contribution is 2.30. The van der Waals surface area contributed by atoms with Gasteiger partial charge in [-0.05, 0) is 74.4 Å². The summed E-state index contributed by atoms with van der Waals surface area (Å²) in [6.45, 7) is 4.84. The maximum absolute atomic E-state index is 14.2. The summed E-state index contributed by atoms with van der Waals surface area (Å²) in [7, 11) is -2.80. The van der Waals surface area contributed by atoms with Crippen molar-refractivity contribution in [2.45, 2.75) is 57.1 Å². The van der Waals surface area contributed by atoms with Gasteiger partial charge in [0.15, 0.2) is 0 Å². The van der Waals surface area contributed by atoms with Crippen molar-refractivity contribution in [2.24, 2.45) is 0 Å². The first-order valence-corrected chi connectivity index (χ1v) is 15.9. The van der Waals surface area contributed by atoms with E-state index in [4.69, 9.17) is 39.5 Å². The molecule has 42 heavy (non-hydrogen) atoms. The third-order valence-corrected chi connectivity index (χ3v) is 9.53. The SMILES string of the molecule is CC[C@H](C(=O)N[C@@H](C)CC)N(Cc1c(Cl)cccc1Cl)C(=O)CN(c1cccc(Cl)c1)S(=O)(=O)c1ccc(OC)cc1. The maximum Gasteiger partial charge on any atom is 0.264 e. The molecular formula is C30H34Cl3N3O5S. The van der Waals surface area contributed by atoms with E-state index in [2.05, 4.69) is 5.32 Å². The number of hydrogen-bond donors (Lipinski definition) is 1. The minimum atomic E-state index is -4.27. The van der Waals surface area contributed by atoms with Gasteiger partial charge < -0.3 is 15.0 Å². The van der Waals surface area contributed by atoms with E-state index in [0.717, 1.165) is 4.31 Å².